The van der Waals surface area contributed by atoms with Crippen LogP contribution in [0.5, 0.6) is 0 Å². The van der Waals surface area contributed by atoms with Crippen LogP contribution in [0.15, 0.2) is 18.3 Å². The standard InChI is InChI=1S/C15H25FN2O/c1-4-6-9-18(5-2)11-12(3)15(19)14-8-7-13(16)10-17-14/h7-8,10,12,15,19H,4-6,9,11H2,1-3H3. The highest BCUT2D eigenvalue weighted by molar-refractivity contribution is 5.08. The van der Waals surface area contributed by atoms with Gasteiger partial charge >= 0.3 is 0 Å². The molecule has 1 aromatic rings. The van der Waals surface area contributed by atoms with Crippen LogP contribution in [0.4, 0.5) is 4.39 Å². The molecule has 0 aromatic carbocycles. The monoisotopic (exact) mass is 268 g/mol. The second-order valence-electron chi connectivity index (χ2n) is 5.07. The number of rotatable bonds is 8. The van der Waals surface area contributed by atoms with Crippen molar-refractivity contribution >= 4 is 0 Å². The van der Waals surface area contributed by atoms with Crippen LogP contribution in [0.3, 0.4) is 0 Å². The zero-order valence-corrected chi connectivity index (χ0v) is 12.1. The molecule has 3 nitrogen and oxygen atoms in total. The lowest BCUT2D eigenvalue weighted by atomic mass is 10.0. The Balaban J connectivity index is 2.55. The van der Waals surface area contributed by atoms with Gasteiger partial charge in [0, 0.05) is 12.5 Å². The molecule has 4 heteroatoms. The summed E-state index contributed by atoms with van der Waals surface area (Å²) in [5, 5.41) is 10.2. The summed E-state index contributed by atoms with van der Waals surface area (Å²) in [6.07, 6.45) is 2.86. The van der Waals surface area contributed by atoms with Gasteiger partial charge in [0.15, 0.2) is 0 Å². The Kier molecular flexibility index (Phi) is 6.95. The fraction of sp³-hybridized carbons (Fsp3) is 0.667. The highest BCUT2D eigenvalue weighted by atomic mass is 19.1. The maximum absolute atomic E-state index is 12.8. The zero-order valence-electron chi connectivity index (χ0n) is 12.1. The summed E-state index contributed by atoms with van der Waals surface area (Å²) in [5.74, 6) is -0.295. The van der Waals surface area contributed by atoms with Crippen LogP contribution < -0.4 is 0 Å². The first-order chi connectivity index (χ1) is 9.08. The van der Waals surface area contributed by atoms with E-state index in [1.54, 1.807) is 6.07 Å². The Hall–Kier alpha value is -1.00. The molecule has 2 unspecified atom stereocenters. The maximum Gasteiger partial charge on any atom is 0.141 e. The third-order valence-corrected chi connectivity index (χ3v) is 3.41. The van der Waals surface area contributed by atoms with E-state index in [9.17, 15) is 9.50 Å². The quantitative estimate of drug-likeness (QED) is 0.787. The fourth-order valence-corrected chi connectivity index (χ4v) is 2.12. The van der Waals surface area contributed by atoms with Crippen molar-refractivity contribution in [3.63, 3.8) is 0 Å². The number of nitrogens with zero attached hydrogens (tertiary/aromatic N) is 2. The molecular formula is C15H25FN2O. The molecule has 0 saturated carbocycles. The van der Waals surface area contributed by atoms with Gasteiger partial charge in [-0.25, -0.2) is 4.39 Å². The second-order valence-corrected chi connectivity index (χ2v) is 5.07. The lowest BCUT2D eigenvalue weighted by Crippen LogP contribution is -2.32. The van der Waals surface area contributed by atoms with Gasteiger partial charge in [-0.1, -0.05) is 27.2 Å². The summed E-state index contributed by atoms with van der Waals surface area (Å²) in [4.78, 5) is 6.29. The summed E-state index contributed by atoms with van der Waals surface area (Å²) >= 11 is 0. The minimum Gasteiger partial charge on any atom is -0.386 e. The van der Waals surface area contributed by atoms with Crippen molar-refractivity contribution in [2.45, 2.75) is 39.7 Å². The molecule has 0 saturated heterocycles. The van der Waals surface area contributed by atoms with Crippen LogP contribution in [0.25, 0.3) is 0 Å². The summed E-state index contributed by atoms with van der Waals surface area (Å²) < 4.78 is 12.8. The number of unbranched alkanes of at least 4 members (excludes halogenated alkanes) is 1. The number of pyridine rings is 1. The van der Waals surface area contributed by atoms with E-state index in [0.29, 0.717) is 5.69 Å². The van der Waals surface area contributed by atoms with E-state index in [2.05, 4.69) is 23.7 Å². The van der Waals surface area contributed by atoms with Gasteiger partial charge in [-0.3, -0.25) is 4.98 Å². The van der Waals surface area contributed by atoms with E-state index in [-0.39, 0.29) is 11.7 Å². The molecule has 1 heterocycles. The zero-order chi connectivity index (χ0) is 14.3. The van der Waals surface area contributed by atoms with Gasteiger partial charge in [0.1, 0.15) is 5.82 Å². The molecule has 1 aromatic heterocycles. The fourth-order valence-electron chi connectivity index (χ4n) is 2.12. The third-order valence-electron chi connectivity index (χ3n) is 3.41. The Morgan fingerprint density at radius 3 is 2.63 bits per heavy atom. The largest absolute Gasteiger partial charge is 0.386 e. The highest BCUT2D eigenvalue weighted by Crippen LogP contribution is 2.21. The molecule has 0 amide bonds. The molecule has 0 aliphatic rings. The average Bonchev–Trinajstić information content (AvgIpc) is 2.43. The minimum atomic E-state index is -0.642. The molecule has 0 radical (unpaired) electrons. The van der Waals surface area contributed by atoms with E-state index in [1.165, 1.54) is 18.9 Å². The van der Waals surface area contributed by atoms with E-state index in [4.69, 9.17) is 0 Å². The molecule has 0 spiro atoms. The van der Waals surface area contributed by atoms with Crippen LogP contribution in [0.2, 0.25) is 0 Å². The van der Waals surface area contributed by atoms with E-state index >= 15 is 0 Å². The molecule has 0 fully saturated rings. The number of hydrogen-bond donors (Lipinski definition) is 1. The molecule has 0 bridgehead atoms. The number of aliphatic hydroxyl groups excluding tert-OH is 1. The predicted octanol–water partition coefficient (Wildman–Crippen LogP) is 3.01. The Bertz CT molecular complexity index is 356. The van der Waals surface area contributed by atoms with Gasteiger partial charge in [-0.05, 0) is 31.6 Å². The Labute approximate surface area is 115 Å². The molecule has 0 aliphatic carbocycles. The van der Waals surface area contributed by atoms with Gasteiger partial charge in [-0.15, -0.1) is 0 Å². The molecular weight excluding hydrogens is 243 g/mol. The van der Waals surface area contributed by atoms with Crippen LogP contribution in [0.1, 0.15) is 45.4 Å². The SMILES string of the molecule is CCCCN(CC)CC(C)C(O)c1ccc(F)cn1. The van der Waals surface area contributed by atoms with Crippen molar-refractivity contribution < 1.29 is 9.50 Å². The van der Waals surface area contributed by atoms with Gasteiger partial charge in [-0.2, -0.15) is 0 Å². The Morgan fingerprint density at radius 1 is 1.37 bits per heavy atom. The van der Waals surface area contributed by atoms with Crippen molar-refractivity contribution in [3.05, 3.63) is 29.8 Å². The average molecular weight is 268 g/mol. The lowest BCUT2D eigenvalue weighted by molar-refractivity contribution is 0.0856. The van der Waals surface area contributed by atoms with Gasteiger partial charge in [0.2, 0.25) is 0 Å². The topological polar surface area (TPSA) is 36.4 Å². The van der Waals surface area contributed by atoms with Crippen LogP contribution in [-0.4, -0.2) is 34.6 Å². The van der Waals surface area contributed by atoms with E-state index in [0.717, 1.165) is 25.8 Å². The minimum absolute atomic E-state index is 0.0785. The number of aliphatic hydroxyl groups is 1. The third kappa shape index (κ3) is 5.25. The second kappa shape index (κ2) is 8.23. The predicted molar refractivity (Wildman–Crippen MR) is 75.3 cm³/mol. The van der Waals surface area contributed by atoms with Gasteiger partial charge in [0.25, 0.3) is 0 Å². The van der Waals surface area contributed by atoms with E-state index in [1.807, 2.05) is 6.92 Å². The molecule has 108 valence electrons. The first-order valence-corrected chi connectivity index (χ1v) is 7.10. The highest BCUT2D eigenvalue weighted by Gasteiger charge is 2.19. The van der Waals surface area contributed by atoms with Crippen LogP contribution in [-0.2, 0) is 0 Å². The van der Waals surface area contributed by atoms with E-state index < -0.39 is 6.10 Å². The first kappa shape index (κ1) is 16.1. The first-order valence-electron chi connectivity index (χ1n) is 7.10. The molecule has 0 aliphatic heterocycles. The van der Waals surface area contributed by atoms with Crippen molar-refractivity contribution in [2.24, 2.45) is 5.92 Å². The van der Waals surface area contributed by atoms with Crippen LogP contribution >= 0.6 is 0 Å². The summed E-state index contributed by atoms with van der Waals surface area (Å²) in [5.41, 5.74) is 0.542. The number of hydrogen-bond acceptors (Lipinski definition) is 3. The molecule has 19 heavy (non-hydrogen) atoms. The normalized spacial score (nSPS) is 14.6. The van der Waals surface area contributed by atoms with Crippen molar-refractivity contribution in [3.8, 4) is 0 Å². The smallest absolute Gasteiger partial charge is 0.141 e. The lowest BCUT2D eigenvalue weighted by Gasteiger charge is -2.26. The van der Waals surface area contributed by atoms with Gasteiger partial charge in [0.05, 0.1) is 18.0 Å². The van der Waals surface area contributed by atoms with Crippen molar-refractivity contribution in [1.82, 2.24) is 9.88 Å². The number of aromatic nitrogens is 1. The number of halogens is 1. The maximum atomic E-state index is 12.8. The summed E-state index contributed by atoms with van der Waals surface area (Å²) in [7, 11) is 0. The summed E-state index contributed by atoms with van der Waals surface area (Å²) in [6.45, 7) is 9.18. The van der Waals surface area contributed by atoms with Crippen molar-refractivity contribution in [2.75, 3.05) is 19.6 Å². The van der Waals surface area contributed by atoms with Gasteiger partial charge < -0.3 is 10.0 Å². The van der Waals surface area contributed by atoms with Crippen LogP contribution in [0, 0.1) is 11.7 Å². The Morgan fingerprint density at radius 2 is 2.11 bits per heavy atom. The van der Waals surface area contributed by atoms with Crippen molar-refractivity contribution in [1.29, 1.82) is 0 Å². The molecule has 2 atom stereocenters. The molecule has 1 N–H and O–H groups in total. The molecule has 1 rings (SSSR count). The summed E-state index contributed by atoms with van der Waals surface area (Å²) in [6, 6.07) is 2.89.